The summed E-state index contributed by atoms with van der Waals surface area (Å²) in [7, 11) is 0. The highest BCUT2D eigenvalue weighted by Crippen LogP contribution is 2.26. The number of imidazole rings is 1. The van der Waals surface area contributed by atoms with E-state index < -0.39 is 0 Å². The Morgan fingerprint density at radius 2 is 1.64 bits per heavy atom. The van der Waals surface area contributed by atoms with Gasteiger partial charge in [0.1, 0.15) is 23.6 Å². The molecule has 0 fully saturated rings. The summed E-state index contributed by atoms with van der Waals surface area (Å²) < 4.78 is 13.6. The summed E-state index contributed by atoms with van der Waals surface area (Å²) in [6.07, 6.45) is 1.78. The molecule has 6 heteroatoms. The van der Waals surface area contributed by atoms with Gasteiger partial charge in [0.2, 0.25) is 0 Å². The number of nitrogens with zero attached hydrogens (tertiary/aromatic N) is 3. The van der Waals surface area contributed by atoms with Crippen molar-refractivity contribution in [3.63, 3.8) is 0 Å². The second kappa shape index (κ2) is 9.43. The summed E-state index contributed by atoms with van der Waals surface area (Å²) in [6.45, 7) is 1.51. The van der Waals surface area contributed by atoms with Gasteiger partial charge < -0.3 is 19.8 Å². The molecule has 2 N–H and O–H groups in total. The number of fused-ring (bicyclic) bond motifs is 3. The summed E-state index contributed by atoms with van der Waals surface area (Å²) in [4.78, 5) is 8.88. The van der Waals surface area contributed by atoms with E-state index in [2.05, 4.69) is 26.4 Å². The Bertz CT molecular complexity index is 1450. The van der Waals surface area contributed by atoms with Crippen LogP contribution in [0.3, 0.4) is 0 Å². The summed E-state index contributed by atoms with van der Waals surface area (Å²) in [5.74, 6) is 8.20. The van der Waals surface area contributed by atoms with E-state index in [4.69, 9.17) is 15.2 Å². The molecule has 2 aromatic heterocycles. The molecule has 0 radical (unpaired) electrons. The molecule has 0 bridgehead atoms. The fourth-order valence-electron chi connectivity index (χ4n) is 3.63. The molecular formula is C27H22N4O2. The zero-order valence-electron chi connectivity index (χ0n) is 17.9. The van der Waals surface area contributed by atoms with Gasteiger partial charge in [0, 0.05) is 17.5 Å². The Labute approximate surface area is 191 Å². The van der Waals surface area contributed by atoms with Crippen LogP contribution in [-0.4, -0.2) is 27.7 Å². The zero-order chi connectivity index (χ0) is 22.5. The molecule has 3 aromatic carbocycles. The Balaban J connectivity index is 1.16. The number of nitrogen functional groups attached to an aromatic ring is 1. The molecular weight excluding hydrogens is 412 g/mol. The monoisotopic (exact) mass is 434 g/mol. The van der Waals surface area contributed by atoms with Gasteiger partial charge in [0.25, 0.3) is 0 Å². The maximum atomic E-state index is 6.09. The maximum Gasteiger partial charge on any atom is 0.152 e. The first-order valence-electron chi connectivity index (χ1n) is 10.7. The van der Waals surface area contributed by atoms with Crippen molar-refractivity contribution in [2.45, 2.75) is 6.54 Å². The van der Waals surface area contributed by atoms with Crippen LogP contribution in [0.5, 0.6) is 11.5 Å². The molecule has 5 aromatic rings. The van der Waals surface area contributed by atoms with Crippen LogP contribution in [0.1, 0.15) is 5.56 Å². The fraction of sp³-hybridized carbons (Fsp3) is 0.111. The third-order valence-corrected chi connectivity index (χ3v) is 5.20. The molecule has 2 heterocycles. The number of ether oxygens (including phenoxy) is 2. The second-order valence-corrected chi connectivity index (χ2v) is 7.44. The molecule has 0 amide bonds. The molecule has 33 heavy (non-hydrogen) atoms. The first-order valence-corrected chi connectivity index (χ1v) is 10.7. The normalized spacial score (nSPS) is 10.8. The van der Waals surface area contributed by atoms with E-state index >= 15 is 0 Å². The summed E-state index contributed by atoms with van der Waals surface area (Å²) in [5.41, 5.74) is 9.55. The number of benzene rings is 3. The smallest absolute Gasteiger partial charge is 0.152 e. The van der Waals surface area contributed by atoms with Gasteiger partial charge in [-0.15, -0.1) is 0 Å². The Hall–Kier alpha value is -4.34. The van der Waals surface area contributed by atoms with Gasteiger partial charge in [-0.25, -0.2) is 9.97 Å². The van der Waals surface area contributed by atoms with E-state index in [-0.39, 0.29) is 0 Å². The largest absolute Gasteiger partial charge is 0.457 e. The third-order valence-electron chi connectivity index (χ3n) is 5.20. The van der Waals surface area contributed by atoms with Crippen molar-refractivity contribution in [2.24, 2.45) is 0 Å². The van der Waals surface area contributed by atoms with Crippen molar-refractivity contribution in [2.75, 3.05) is 18.9 Å². The maximum absolute atomic E-state index is 6.09. The number of anilines is 1. The van der Waals surface area contributed by atoms with Crippen LogP contribution in [0.4, 0.5) is 5.82 Å². The van der Waals surface area contributed by atoms with Crippen molar-refractivity contribution in [1.29, 1.82) is 0 Å². The molecule has 0 saturated carbocycles. The lowest BCUT2D eigenvalue weighted by Crippen LogP contribution is -2.06. The average molecular weight is 434 g/mol. The summed E-state index contributed by atoms with van der Waals surface area (Å²) in [6, 6.07) is 25.3. The zero-order valence-corrected chi connectivity index (χ0v) is 17.9. The lowest BCUT2D eigenvalue weighted by atomic mass is 10.2. The third kappa shape index (κ3) is 4.64. The van der Waals surface area contributed by atoms with E-state index in [0.717, 1.165) is 33.5 Å². The van der Waals surface area contributed by atoms with Crippen molar-refractivity contribution < 1.29 is 9.47 Å². The number of pyridine rings is 1. The predicted molar refractivity (Wildman–Crippen MR) is 130 cm³/mol. The van der Waals surface area contributed by atoms with Crippen molar-refractivity contribution in [3.8, 4) is 23.3 Å². The molecule has 0 unspecified atom stereocenters. The lowest BCUT2D eigenvalue weighted by Gasteiger charge is -2.07. The topological polar surface area (TPSA) is 75.2 Å². The van der Waals surface area contributed by atoms with Crippen LogP contribution in [0.15, 0.2) is 85.2 Å². The van der Waals surface area contributed by atoms with Gasteiger partial charge in [-0.3, -0.25) is 0 Å². The van der Waals surface area contributed by atoms with Gasteiger partial charge in [0.15, 0.2) is 5.82 Å². The molecule has 0 aliphatic rings. The Kier molecular flexibility index (Phi) is 5.87. The van der Waals surface area contributed by atoms with E-state index in [1.807, 2.05) is 78.9 Å². The number of hydrogen-bond acceptors (Lipinski definition) is 5. The number of hydrogen-bond donors (Lipinski definition) is 1. The van der Waals surface area contributed by atoms with Gasteiger partial charge in [0.05, 0.1) is 24.0 Å². The van der Waals surface area contributed by atoms with E-state index in [1.165, 1.54) is 0 Å². The SMILES string of the molecule is Nc1nc2ccccc2c2c1ncn2CCOCC#Cc1ccc(Oc2ccccc2)cc1. The highest BCUT2D eigenvalue weighted by Gasteiger charge is 2.11. The van der Waals surface area contributed by atoms with Crippen LogP contribution < -0.4 is 10.5 Å². The van der Waals surface area contributed by atoms with Crippen LogP contribution >= 0.6 is 0 Å². The van der Waals surface area contributed by atoms with Crippen molar-refractivity contribution >= 4 is 27.8 Å². The van der Waals surface area contributed by atoms with E-state index in [9.17, 15) is 0 Å². The fourth-order valence-corrected chi connectivity index (χ4v) is 3.63. The van der Waals surface area contributed by atoms with Gasteiger partial charge in [-0.2, -0.15) is 0 Å². The highest BCUT2D eigenvalue weighted by atomic mass is 16.5. The van der Waals surface area contributed by atoms with Crippen molar-refractivity contribution in [3.05, 3.63) is 90.8 Å². The average Bonchev–Trinajstić information content (AvgIpc) is 3.28. The van der Waals surface area contributed by atoms with Crippen LogP contribution in [0, 0.1) is 11.8 Å². The standard InChI is InChI=1S/C27H22N4O2/c28-27-25-26(23-10-4-5-11-24(23)30-27)31(19-29-25)16-18-32-17-6-7-20-12-14-22(15-13-20)33-21-8-2-1-3-9-21/h1-5,8-15,19H,16-18H2,(H2,28,30). The molecule has 0 aliphatic heterocycles. The minimum Gasteiger partial charge on any atom is -0.457 e. The van der Waals surface area contributed by atoms with Crippen LogP contribution in [0.25, 0.3) is 21.9 Å². The summed E-state index contributed by atoms with van der Waals surface area (Å²) >= 11 is 0. The van der Waals surface area contributed by atoms with Gasteiger partial charge in [-0.05, 0) is 42.5 Å². The minimum absolute atomic E-state index is 0.347. The summed E-state index contributed by atoms with van der Waals surface area (Å²) in [5, 5.41) is 1.03. The Morgan fingerprint density at radius 1 is 0.879 bits per heavy atom. The van der Waals surface area contributed by atoms with Gasteiger partial charge >= 0.3 is 0 Å². The van der Waals surface area contributed by atoms with Crippen molar-refractivity contribution in [1.82, 2.24) is 14.5 Å². The number of para-hydroxylation sites is 2. The van der Waals surface area contributed by atoms with E-state index in [1.54, 1.807) is 6.33 Å². The first kappa shape index (κ1) is 20.6. The molecule has 0 spiro atoms. The number of rotatable bonds is 6. The Morgan fingerprint density at radius 3 is 2.48 bits per heavy atom. The van der Waals surface area contributed by atoms with Gasteiger partial charge in [-0.1, -0.05) is 48.2 Å². The molecule has 6 nitrogen and oxygen atoms in total. The minimum atomic E-state index is 0.347. The quantitative estimate of drug-likeness (QED) is 0.300. The first-order chi connectivity index (χ1) is 16.3. The molecule has 5 rings (SSSR count). The molecule has 0 aliphatic carbocycles. The molecule has 0 atom stereocenters. The number of aromatic nitrogens is 3. The highest BCUT2D eigenvalue weighted by molar-refractivity contribution is 6.06. The lowest BCUT2D eigenvalue weighted by molar-refractivity contribution is 0.158. The predicted octanol–water partition coefficient (Wildman–Crippen LogP) is 5.03. The number of nitrogens with two attached hydrogens (primary N) is 1. The van der Waals surface area contributed by atoms with Crippen LogP contribution in [-0.2, 0) is 11.3 Å². The molecule has 162 valence electrons. The van der Waals surface area contributed by atoms with Crippen LogP contribution in [0.2, 0.25) is 0 Å². The van der Waals surface area contributed by atoms with E-state index in [0.29, 0.717) is 31.1 Å². The molecule has 0 saturated heterocycles. The second-order valence-electron chi connectivity index (χ2n) is 7.44.